The summed E-state index contributed by atoms with van der Waals surface area (Å²) in [6.45, 7) is 3.80. The van der Waals surface area contributed by atoms with Crippen LogP contribution in [0.2, 0.25) is 0 Å². The quantitative estimate of drug-likeness (QED) is 0.862. The maximum Gasteiger partial charge on any atom is 0.290 e. The second-order valence-electron chi connectivity index (χ2n) is 4.99. The molecule has 1 aromatic heterocycles. The zero-order chi connectivity index (χ0) is 15.9. The Kier molecular flexibility index (Phi) is 3.62. The van der Waals surface area contributed by atoms with Crippen molar-refractivity contribution < 1.29 is 14.0 Å². The van der Waals surface area contributed by atoms with E-state index in [2.05, 4.69) is 5.32 Å². The monoisotopic (exact) mass is 316 g/mol. The number of aryl methyl sites for hydroxylation is 1. The highest BCUT2D eigenvalue weighted by molar-refractivity contribution is 8.18. The van der Waals surface area contributed by atoms with Crippen molar-refractivity contribution in [2.24, 2.45) is 0 Å². The molecule has 1 N–H and O–H groups in total. The molecule has 0 saturated carbocycles. The highest BCUT2D eigenvalue weighted by Crippen LogP contribution is 2.29. The van der Waals surface area contributed by atoms with Crippen molar-refractivity contribution in [3.05, 3.63) is 58.0 Å². The molecular weight excluding hydrogens is 303 g/mol. The van der Waals surface area contributed by atoms with Crippen LogP contribution in [0, 0.1) is 19.7 Å². The summed E-state index contributed by atoms with van der Waals surface area (Å²) in [6.07, 6.45) is 1.68. The van der Waals surface area contributed by atoms with Crippen LogP contribution in [0.25, 0.3) is 11.8 Å². The van der Waals surface area contributed by atoms with E-state index in [0.29, 0.717) is 4.91 Å². The van der Waals surface area contributed by atoms with Gasteiger partial charge in [0.25, 0.3) is 11.1 Å². The molecule has 1 aliphatic rings. The van der Waals surface area contributed by atoms with Crippen molar-refractivity contribution in [2.75, 3.05) is 0 Å². The van der Waals surface area contributed by atoms with Crippen LogP contribution in [0.5, 0.6) is 0 Å². The largest absolute Gasteiger partial charge is 0.318 e. The molecule has 1 saturated heterocycles. The maximum absolute atomic E-state index is 13.4. The molecule has 2 amide bonds. The van der Waals surface area contributed by atoms with Gasteiger partial charge in [0.15, 0.2) is 0 Å². The number of nitrogens with zero attached hydrogens (tertiary/aromatic N) is 1. The van der Waals surface area contributed by atoms with Crippen molar-refractivity contribution in [1.82, 2.24) is 9.88 Å². The number of carbonyl (C=O) groups excluding carboxylic acids is 2. The third-order valence-electron chi connectivity index (χ3n) is 3.47. The van der Waals surface area contributed by atoms with Gasteiger partial charge in [0.1, 0.15) is 5.82 Å². The summed E-state index contributed by atoms with van der Waals surface area (Å²) < 4.78 is 15.3. The van der Waals surface area contributed by atoms with Gasteiger partial charge < -0.3 is 4.57 Å². The molecule has 0 aliphatic carbocycles. The summed E-state index contributed by atoms with van der Waals surface area (Å²) in [5.74, 6) is -0.688. The van der Waals surface area contributed by atoms with Gasteiger partial charge in [0, 0.05) is 17.1 Å². The second kappa shape index (κ2) is 5.46. The molecule has 0 bridgehead atoms. The summed E-state index contributed by atoms with van der Waals surface area (Å²) in [7, 11) is 0. The Morgan fingerprint density at radius 1 is 1.23 bits per heavy atom. The van der Waals surface area contributed by atoms with Crippen LogP contribution in [0.15, 0.2) is 35.2 Å². The van der Waals surface area contributed by atoms with Crippen LogP contribution >= 0.6 is 11.8 Å². The van der Waals surface area contributed by atoms with Crippen molar-refractivity contribution in [2.45, 2.75) is 13.8 Å². The fourth-order valence-electron chi connectivity index (χ4n) is 2.51. The molecule has 0 unspecified atom stereocenters. The number of carbonyl (C=O) groups is 2. The van der Waals surface area contributed by atoms with E-state index < -0.39 is 0 Å². The number of aromatic nitrogens is 1. The third-order valence-corrected chi connectivity index (χ3v) is 4.28. The predicted octanol–water partition coefficient (Wildman–Crippen LogP) is 3.56. The minimum atomic E-state index is -0.384. The number of benzene rings is 1. The smallest absolute Gasteiger partial charge is 0.290 e. The Hall–Kier alpha value is -2.34. The molecular formula is C16H13FN2O2S. The molecule has 2 heterocycles. The van der Waals surface area contributed by atoms with Gasteiger partial charge in [-0.15, -0.1) is 0 Å². The summed E-state index contributed by atoms with van der Waals surface area (Å²) in [4.78, 5) is 23.2. The first-order chi connectivity index (χ1) is 10.5. The highest BCUT2D eigenvalue weighted by atomic mass is 32.2. The van der Waals surface area contributed by atoms with Crippen molar-refractivity contribution in [3.63, 3.8) is 0 Å². The van der Waals surface area contributed by atoms with Crippen LogP contribution < -0.4 is 5.32 Å². The fourth-order valence-corrected chi connectivity index (χ4v) is 3.18. The standard InChI is InChI=1S/C16H13FN2O2S/c1-9-6-11(7-14-15(20)18-16(21)22-14)10(2)19(9)13-5-3-4-12(17)8-13/h3-8H,1-2H3,(H,18,20,21)/b14-7-. The average molecular weight is 316 g/mol. The molecule has 0 atom stereocenters. The minimum absolute atomic E-state index is 0.304. The van der Waals surface area contributed by atoms with E-state index in [-0.39, 0.29) is 17.0 Å². The van der Waals surface area contributed by atoms with Gasteiger partial charge in [0.2, 0.25) is 0 Å². The van der Waals surface area contributed by atoms with E-state index in [0.717, 1.165) is 34.4 Å². The van der Waals surface area contributed by atoms with Crippen LogP contribution in [0.4, 0.5) is 9.18 Å². The molecule has 1 aliphatic heterocycles. The molecule has 1 aromatic carbocycles. The summed E-state index contributed by atoms with van der Waals surface area (Å²) in [5.41, 5.74) is 3.35. The molecule has 4 nitrogen and oxygen atoms in total. The average Bonchev–Trinajstić information content (AvgIpc) is 2.90. The Bertz CT molecular complexity index is 824. The van der Waals surface area contributed by atoms with E-state index in [1.54, 1.807) is 12.1 Å². The Morgan fingerprint density at radius 2 is 2.00 bits per heavy atom. The molecule has 3 rings (SSSR count). The third kappa shape index (κ3) is 2.57. The number of nitrogens with one attached hydrogen (secondary N) is 1. The van der Waals surface area contributed by atoms with E-state index in [9.17, 15) is 14.0 Å². The molecule has 0 radical (unpaired) electrons. The van der Waals surface area contributed by atoms with Gasteiger partial charge in [-0.3, -0.25) is 14.9 Å². The molecule has 2 aromatic rings. The molecule has 1 fully saturated rings. The minimum Gasteiger partial charge on any atom is -0.318 e. The lowest BCUT2D eigenvalue weighted by atomic mass is 10.2. The van der Waals surface area contributed by atoms with Crippen LogP contribution in [0.1, 0.15) is 17.0 Å². The van der Waals surface area contributed by atoms with Gasteiger partial charge in [-0.05, 0) is 61.5 Å². The summed E-state index contributed by atoms with van der Waals surface area (Å²) >= 11 is 0.883. The lowest BCUT2D eigenvalue weighted by Crippen LogP contribution is -2.17. The zero-order valence-corrected chi connectivity index (χ0v) is 12.8. The first-order valence-corrected chi connectivity index (χ1v) is 7.47. The van der Waals surface area contributed by atoms with Gasteiger partial charge in [0.05, 0.1) is 4.91 Å². The first kappa shape index (κ1) is 14.6. The van der Waals surface area contributed by atoms with Gasteiger partial charge in [-0.2, -0.15) is 0 Å². The van der Waals surface area contributed by atoms with Gasteiger partial charge in [-0.25, -0.2) is 4.39 Å². The summed E-state index contributed by atoms with van der Waals surface area (Å²) in [6, 6.07) is 8.23. The Morgan fingerprint density at radius 3 is 2.64 bits per heavy atom. The number of rotatable bonds is 2. The first-order valence-electron chi connectivity index (χ1n) is 6.65. The molecule has 0 spiro atoms. The van der Waals surface area contributed by atoms with Crippen molar-refractivity contribution >= 4 is 29.0 Å². The molecule has 22 heavy (non-hydrogen) atoms. The lowest BCUT2D eigenvalue weighted by Gasteiger charge is -2.09. The van der Waals surface area contributed by atoms with E-state index in [1.807, 2.05) is 30.5 Å². The van der Waals surface area contributed by atoms with Crippen LogP contribution in [-0.4, -0.2) is 15.7 Å². The Balaban J connectivity index is 2.06. The zero-order valence-electron chi connectivity index (χ0n) is 12.0. The number of thioether (sulfide) groups is 1. The predicted molar refractivity (Wildman–Crippen MR) is 84.3 cm³/mol. The number of amides is 2. The van der Waals surface area contributed by atoms with Gasteiger partial charge >= 0.3 is 0 Å². The maximum atomic E-state index is 13.4. The summed E-state index contributed by atoms with van der Waals surface area (Å²) in [5, 5.41) is 1.86. The number of hydrogen-bond donors (Lipinski definition) is 1. The molecule has 112 valence electrons. The van der Waals surface area contributed by atoms with Crippen LogP contribution in [-0.2, 0) is 4.79 Å². The van der Waals surface area contributed by atoms with E-state index in [1.165, 1.54) is 12.1 Å². The van der Waals surface area contributed by atoms with Crippen molar-refractivity contribution in [1.29, 1.82) is 0 Å². The topological polar surface area (TPSA) is 51.1 Å². The highest BCUT2D eigenvalue weighted by Gasteiger charge is 2.25. The second-order valence-corrected chi connectivity index (χ2v) is 6.01. The van der Waals surface area contributed by atoms with E-state index in [4.69, 9.17) is 0 Å². The number of halogens is 1. The SMILES string of the molecule is Cc1cc(/C=C2\SC(=O)NC2=O)c(C)n1-c1cccc(F)c1. The van der Waals surface area contributed by atoms with Crippen LogP contribution in [0.3, 0.4) is 0 Å². The lowest BCUT2D eigenvalue weighted by molar-refractivity contribution is -0.115. The van der Waals surface area contributed by atoms with Gasteiger partial charge in [-0.1, -0.05) is 6.07 Å². The van der Waals surface area contributed by atoms with E-state index >= 15 is 0 Å². The fraction of sp³-hybridized carbons (Fsp3) is 0.125. The number of hydrogen-bond acceptors (Lipinski definition) is 3. The normalized spacial score (nSPS) is 16.4. The van der Waals surface area contributed by atoms with Crippen molar-refractivity contribution in [3.8, 4) is 5.69 Å². The Labute approximate surface area is 131 Å². The molecule has 6 heteroatoms. The number of imide groups is 1.